The predicted octanol–water partition coefficient (Wildman–Crippen LogP) is 3.42. The first-order chi connectivity index (χ1) is 11.5. The molecule has 0 saturated carbocycles. The normalized spacial score (nSPS) is 10.6. The summed E-state index contributed by atoms with van der Waals surface area (Å²) in [4.78, 5) is 32.2. The Morgan fingerprint density at radius 2 is 2.08 bits per heavy atom. The van der Waals surface area contributed by atoms with Gasteiger partial charge in [-0.15, -0.1) is 11.3 Å². The molecule has 0 bridgehead atoms. The van der Waals surface area contributed by atoms with Gasteiger partial charge in [-0.2, -0.15) is 0 Å². The third-order valence-corrected chi connectivity index (χ3v) is 4.64. The lowest BCUT2D eigenvalue weighted by molar-refractivity contribution is 0.0783. The minimum atomic E-state index is -0.414. The summed E-state index contributed by atoms with van der Waals surface area (Å²) in [5.41, 5.74) is 1.78. The number of H-pyrrole nitrogens is 1. The number of nitrogens with zero attached hydrogens (tertiary/aromatic N) is 2. The molecule has 3 rings (SSSR count). The Labute approximate surface area is 147 Å². The van der Waals surface area contributed by atoms with Gasteiger partial charge in [-0.1, -0.05) is 41.9 Å². The quantitative estimate of drug-likeness (QED) is 0.776. The number of hydrogen-bond donors (Lipinski definition) is 1. The van der Waals surface area contributed by atoms with E-state index in [0.29, 0.717) is 12.1 Å². The van der Waals surface area contributed by atoms with E-state index in [0.717, 1.165) is 16.3 Å². The average molecular weight is 360 g/mol. The summed E-state index contributed by atoms with van der Waals surface area (Å²) in [6.45, 7) is 0.374. The number of carbonyl (C=O) groups excluding carboxylic acids is 1. The maximum Gasteiger partial charge on any atom is 0.266 e. The number of benzene rings is 1. The molecule has 1 amide bonds. The molecule has 0 unspecified atom stereocenters. The molecule has 0 aliphatic carbocycles. The second-order valence-electron chi connectivity index (χ2n) is 5.24. The number of carbonyl (C=O) groups is 1. The van der Waals surface area contributed by atoms with Crippen LogP contribution in [-0.4, -0.2) is 27.8 Å². The number of amides is 1. The van der Waals surface area contributed by atoms with Crippen molar-refractivity contribution in [1.29, 1.82) is 0 Å². The van der Waals surface area contributed by atoms with E-state index in [2.05, 4.69) is 9.97 Å². The van der Waals surface area contributed by atoms with Gasteiger partial charge >= 0.3 is 0 Å². The van der Waals surface area contributed by atoms with Crippen LogP contribution in [-0.2, 0) is 6.54 Å². The number of hydrogen-bond acceptors (Lipinski definition) is 4. The highest BCUT2D eigenvalue weighted by Crippen LogP contribution is 2.24. The van der Waals surface area contributed by atoms with Crippen molar-refractivity contribution in [2.45, 2.75) is 6.54 Å². The molecule has 2 heterocycles. The number of thiazole rings is 1. The van der Waals surface area contributed by atoms with Gasteiger partial charge in [-0.05, 0) is 6.07 Å². The number of halogens is 1. The highest BCUT2D eigenvalue weighted by Gasteiger charge is 2.15. The smallest absolute Gasteiger partial charge is 0.266 e. The first-order valence-electron chi connectivity index (χ1n) is 7.18. The lowest BCUT2D eigenvalue weighted by Gasteiger charge is -2.15. The lowest BCUT2D eigenvalue weighted by atomic mass is 10.2. The fourth-order valence-electron chi connectivity index (χ4n) is 2.21. The van der Waals surface area contributed by atoms with Crippen LogP contribution in [0.4, 0.5) is 0 Å². The Morgan fingerprint density at radius 1 is 1.33 bits per heavy atom. The van der Waals surface area contributed by atoms with Crippen LogP contribution in [0.25, 0.3) is 10.6 Å². The number of aromatic nitrogens is 2. The van der Waals surface area contributed by atoms with Crippen LogP contribution in [0.1, 0.15) is 16.1 Å². The van der Waals surface area contributed by atoms with Gasteiger partial charge in [0, 0.05) is 24.2 Å². The monoisotopic (exact) mass is 359 g/mol. The van der Waals surface area contributed by atoms with Crippen molar-refractivity contribution in [3.05, 3.63) is 74.6 Å². The maximum absolute atomic E-state index is 12.4. The second kappa shape index (κ2) is 6.98. The van der Waals surface area contributed by atoms with E-state index < -0.39 is 5.56 Å². The molecule has 1 aromatic carbocycles. The molecule has 5 nitrogen and oxygen atoms in total. The minimum Gasteiger partial charge on any atom is -0.336 e. The van der Waals surface area contributed by atoms with Crippen LogP contribution in [0.15, 0.2) is 52.8 Å². The van der Waals surface area contributed by atoms with Crippen LogP contribution < -0.4 is 5.56 Å². The molecular weight excluding hydrogens is 346 g/mol. The van der Waals surface area contributed by atoms with Crippen molar-refractivity contribution in [3.63, 3.8) is 0 Å². The van der Waals surface area contributed by atoms with E-state index in [1.165, 1.54) is 28.5 Å². The molecule has 0 atom stereocenters. The first kappa shape index (κ1) is 16.4. The molecule has 2 aromatic heterocycles. The minimum absolute atomic E-state index is 0.00530. The van der Waals surface area contributed by atoms with Crippen molar-refractivity contribution >= 4 is 28.8 Å². The Morgan fingerprint density at radius 3 is 2.79 bits per heavy atom. The Bertz CT molecular complexity index is 921. The highest BCUT2D eigenvalue weighted by molar-refractivity contribution is 7.13. The van der Waals surface area contributed by atoms with E-state index in [9.17, 15) is 9.59 Å². The third kappa shape index (κ3) is 3.55. The summed E-state index contributed by atoms with van der Waals surface area (Å²) in [7, 11) is 1.68. The van der Waals surface area contributed by atoms with E-state index in [1.807, 2.05) is 35.7 Å². The van der Waals surface area contributed by atoms with Crippen molar-refractivity contribution in [3.8, 4) is 10.6 Å². The van der Waals surface area contributed by atoms with Crippen LogP contribution in [0.2, 0.25) is 5.02 Å². The SMILES string of the molecule is CN(Cc1csc(-c2ccccc2)n1)C(=O)c1c[nH]c(=O)c(Cl)c1. The summed E-state index contributed by atoms with van der Waals surface area (Å²) in [6.07, 6.45) is 1.36. The molecular formula is C17H14ClN3O2S. The second-order valence-corrected chi connectivity index (χ2v) is 6.50. The summed E-state index contributed by atoms with van der Waals surface area (Å²) in [6, 6.07) is 11.3. The van der Waals surface area contributed by atoms with Gasteiger partial charge in [0.2, 0.25) is 0 Å². The van der Waals surface area contributed by atoms with E-state index >= 15 is 0 Å². The van der Waals surface area contributed by atoms with Crippen LogP contribution in [0.3, 0.4) is 0 Å². The molecule has 0 radical (unpaired) electrons. The first-order valence-corrected chi connectivity index (χ1v) is 8.44. The van der Waals surface area contributed by atoms with Gasteiger partial charge in [0.15, 0.2) is 0 Å². The van der Waals surface area contributed by atoms with E-state index in [-0.39, 0.29) is 10.9 Å². The van der Waals surface area contributed by atoms with Crippen molar-refractivity contribution in [1.82, 2.24) is 14.9 Å². The molecule has 0 aliphatic heterocycles. The predicted molar refractivity (Wildman–Crippen MR) is 95.4 cm³/mol. The summed E-state index contributed by atoms with van der Waals surface area (Å²) in [5, 5.41) is 2.85. The van der Waals surface area contributed by atoms with Gasteiger partial charge in [-0.25, -0.2) is 4.98 Å². The van der Waals surface area contributed by atoms with Gasteiger partial charge in [-0.3, -0.25) is 9.59 Å². The maximum atomic E-state index is 12.4. The average Bonchev–Trinajstić information content (AvgIpc) is 3.06. The zero-order chi connectivity index (χ0) is 17.1. The summed E-state index contributed by atoms with van der Waals surface area (Å²) < 4.78 is 0. The summed E-state index contributed by atoms with van der Waals surface area (Å²) in [5.74, 6) is -0.234. The number of aromatic amines is 1. The van der Waals surface area contributed by atoms with E-state index in [1.54, 1.807) is 7.05 Å². The largest absolute Gasteiger partial charge is 0.336 e. The van der Waals surface area contributed by atoms with Crippen molar-refractivity contribution < 1.29 is 4.79 Å². The highest BCUT2D eigenvalue weighted by atomic mass is 35.5. The molecule has 0 aliphatic rings. The molecule has 0 fully saturated rings. The van der Waals surface area contributed by atoms with Gasteiger partial charge < -0.3 is 9.88 Å². The van der Waals surface area contributed by atoms with Crippen molar-refractivity contribution in [2.24, 2.45) is 0 Å². The number of rotatable bonds is 4. The molecule has 1 N–H and O–H groups in total. The summed E-state index contributed by atoms with van der Waals surface area (Å²) >= 11 is 7.31. The van der Waals surface area contributed by atoms with E-state index in [4.69, 9.17) is 11.6 Å². The fraction of sp³-hybridized carbons (Fsp3) is 0.118. The Balaban J connectivity index is 1.74. The molecule has 24 heavy (non-hydrogen) atoms. The zero-order valence-corrected chi connectivity index (χ0v) is 14.4. The van der Waals surface area contributed by atoms with Crippen molar-refractivity contribution in [2.75, 3.05) is 7.05 Å². The Hall–Kier alpha value is -2.44. The van der Waals surface area contributed by atoms with Gasteiger partial charge in [0.25, 0.3) is 11.5 Å². The van der Waals surface area contributed by atoms with Gasteiger partial charge in [0.05, 0.1) is 17.8 Å². The lowest BCUT2D eigenvalue weighted by Crippen LogP contribution is -2.27. The van der Waals surface area contributed by atoms with Crippen LogP contribution in [0, 0.1) is 0 Å². The zero-order valence-electron chi connectivity index (χ0n) is 12.8. The molecule has 3 aromatic rings. The fourth-order valence-corrected chi connectivity index (χ4v) is 3.20. The topological polar surface area (TPSA) is 66.1 Å². The molecule has 122 valence electrons. The number of nitrogens with one attached hydrogen (secondary N) is 1. The van der Waals surface area contributed by atoms with Crippen LogP contribution in [0.5, 0.6) is 0 Å². The molecule has 0 saturated heterocycles. The number of pyridine rings is 1. The molecule has 0 spiro atoms. The standard InChI is InChI=1S/C17H14ClN3O2S/c1-21(17(23)12-7-14(18)15(22)19-8-12)9-13-10-24-16(20-13)11-5-3-2-4-6-11/h2-8,10H,9H2,1H3,(H,19,22). The third-order valence-electron chi connectivity index (χ3n) is 3.42. The Kier molecular flexibility index (Phi) is 4.78. The molecule has 7 heteroatoms. The van der Waals surface area contributed by atoms with Gasteiger partial charge in [0.1, 0.15) is 10.0 Å². The van der Waals surface area contributed by atoms with Crippen LogP contribution >= 0.6 is 22.9 Å².